The highest BCUT2D eigenvalue weighted by atomic mass is 15.1. The summed E-state index contributed by atoms with van der Waals surface area (Å²) >= 11 is 0. The van der Waals surface area contributed by atoms with Crippen LogP contribution in [0.25, 0.3) is 12.2 Å². The number of pyridine rings is 1. The summed E-state index contributed by atoms with van der Waals surface area (Å²) in [7, 11) is 0. The van der Waals surface area contributed by atoms with Crippen molar-refractivity contribution in [3.05, 3.63) is 59.9 Å². The zero-order valence-electron chi connectivity index (χ0n) is 14.4. The number of hydrogen-bond donors (Lipinski definition) is 0. The molecule has 0 unspecified atom stereocenters. The highest BCUT2D eigenvalue weighted by Gasteiger charge is 2.03. The van der Waals surface area contributed by atoms with Crippen LogP contribution in [0.3, 0.4) is 0 Å². The van der Waals surface area contributed by atoms with E-state index < -0.39 is 0 Å². The molecule has 2 aromatic rings. The minimum absolute atomic E-state index is 1.07. The van der Waals surface area contributed by atoms with Crippen LogP contribution in [-0.4, -0.2) is 18.1 Å². The second kappa shape index (κ2) is 9.83. The topological polar surface area (TPSA) is 16.1 Å². The van der Waals surface area contributed by atoms with Crippen molar-refractivity contribution in [3.8, 4) is 0 Å². The average molecular weight is 308 g/mol. The quantitative estimate of drug-likeness (QED) is 0.556. The molecule has 0 saturated heterocycles. The Morgan fingerprint density at radius 1 is 0.826 bits per heavy atom. The summed E-state index contributed by atoms with van der Waals surface area (Å²) in [6.45, 7) is 6.72. The van der Waals surface area contributed by atoms with Crippen molar-refractivity contribution >= 4 is 17.8 Å². The molecule has 0 spiro atoms. The van der Waals surface area contributed by atoms with Crippen molar-refractivity contribution in [2.45, 2.75) is 39.5 Å². The minimum Gasteiger partial charge on any atom is -0.372 e. The normalized spacial score (nSPS) is 11.0. The average Bonchev–Trinajstić information content (AvgIpc) is 2.62. The lowest BCUT2D eigenvalue weighted by Gasteiger charge is -2.23. The Morgan fingerprint density at radius 2 is 1.48 bits per heavy atom. The number of aromatic nitrogens is 1. The fourth-order valence-electron chi connectivity index (χ4n) is 2.66. The van der Waals surface area contributed by atoms with Crippen LogP contribution in [0.4, 0.5) is 5.69 Å². The summed E-state index contributed by atoms with van der Waals surface area (Å²) in [6.07, 6.45) is 13.2. The zero-order valence-corrected chi connectivity index (χ0v) is 14.4. The molecule has 122 valence electrons. The number of rotatable bonds is 9. The van der Waals surface area contributed by atoms with Crippen molar-refractivity contribution in [2.24, 2.45) is 0 Å². The third-order valence-corrected chi connectivity index (χ3v) is 4.10. The van der Waals surface area contributed by atoms with Crippen molar-refractivity contribution < 1.29 is 0 Å². The van der Waals surface area contributed by atoms with Crippen LogP contribution in [0, 0.1) is 0 Å². The first-order valence-electron chi connectivity index (χ1n) is 8.76. The molecule has 0 fully saturated rings. The van der Waals surface area contributed by atoms with Gasteiger partial charge in [-0.1, -0.05) is 50.5 Å². The van der Waals surface area contributed by atoms with Gasteiger partial charge in [0.2, 0.25) is 0 Å². The number of anilines is 1. The maximum absolute atomic E-state index is 4.04. The first kappa shape index (κ1) is 17.3. The summed E-state index contributed by atoms with van der Waals surface area (Å²) in [5, 5.41) is 0. The van der Waals surface area contributed by atoms with Gasteiger partial charge in [0, 0.05) is 31.2 Å². The molecule has 0 atom stereocenters. The van der Waals surface area contributed by atoms with Crippen molar-refractivity contribution in [3.63, 3.8) is 0 Å². The van der Waals surface area contributed by atoms with E-state index in [9.17, 15) is 0 Å². The Morgan fingerprint density at radius 3 is 2.09 bits per heavy atom. The lowest BCUT2D eigenvalue weighted by atomic mass is 10.1. The minimum atomic E-state index is 1.07. The smallest absolute Gasteiger partial charge is 0.0366 e. The van der Waals surface area contributed by atoms with Crippen LogP contribution in [0.15, 0.2) is 48.8 Å². The SMILES string of the molecule is CCCCCCN(CC)c1ccc(/C=C/c2ccncc2)cc1. The van der Waals surface area contributed by atoms with Crippen molar-refractivity contribution in [1.82, 2.24) is 4.98 Å². The van der Waals surface area contributed by atoms with Crippen LogP contribution < -0.4 is 4.90 Å². The lowest BCUT2D eigenvalue weighted by molar-refractivity contribution is 0.649. The first-order valence-corrected chi connectivity index (χ1v) is 8.76. The lowest BCUT2D eigenvalue weighted by Crippen LogP contribution is -2.23. The Kier molecular flexibility index (Phi) is 7.38. The molecule has 1 heterocycles. The second-order valence-corrected chi connectivity index (χ2v) is 5.85. The van der Waals surface area contributed by atoms with E-state index in [1.807, 2.05) is 24.5 Å². The van der Waals surface area contributed by atoms with Gasteiger partial charge in [-0.25, -0.2) is 0 Å². The molecule has 0 amide bonds. The van der Waals surface area contributed by atoms with Gasteiger partial charge >= 0.3 is 0 Å². The molecule has 23 heavy (non-hydrogen) atoms. The summed E-state index contributed by atoms with van der Waals surface area (Å²) in [4.78, 5) is 6.50. The molecule has 0 aliphatic carbocycles. The zero-order chi connectivity index (χ0) is 16.3. The van der Waals surface area contributed by atoms with Crippen molar-refractivity contribution in [2.75, 3.05) is 18.0 Å². The van der Waals surface area contributed by atoms with Gasteiger partial charge in [0.05, 0.1) is 0 Å². The molecular weight excluding hydrogens is 280 g/mol. The van der Waals surface area contributed by atoms with E-state index in [0.29, 0.717) is 0 Å². The summed E-state index contributed by atoms with van der Waals surface area (Å²) < 4.78 is 0. The van der Waals surface area contributed by atoms with E-state index in [0.717, 1.165) is 13.1 Å². The fourth-order valence-corrected chi connectivity index (χ4v) is 2.66. The number of unbranched alkanes of at least 4 members (excludes halogenated alkanes) is 3. The summed E-state index contributed by atoms with van der Waals surface area (Å²) in [5.74, 6) is 0. The number of hydrogen-bond acceptors (Lipinski definition) is 2. The standard InChI is InChI=1S/C21H28N2/c1-3-5-6-7-18-23(4-2)21-12-10-19(11-13-21)8-9-20-14-16-22-17-15-20/h8-17H,3-7,18H2,1-2H3/b9-8+. The predicted octanol–water partition coefficient (Wildman–Crippen LogP) is 5.66. The Hall–Kier alpha value is -2.09. The van der Waals surface area contributed by atoms with Gasteiger partial charge < -0.3 is 4.90 Å². The number of benzene rings is 1. The maximum Gasteiger partial charge on any atom is 0.0366 e. The van der Waals surface area contributed by atoms with Gasteiger partial charge in [0.25, 0.3) is 0 Å². The number of nitrogens with zero attached hydrogens (tertiary/aromatic N) is 2. The monoisotopic (exact) mass is 308 g/mol. The Bertz CT molecular complexity index is 573. The highest BCUT2D eigenvalue weighted by molar-refractivity contribution is 5.70. The van der Waals surface area contributed by atoms with Gasteiger partial charge in [0.1, 0.15) is 0 Å². The molecular formula is C21H28N2. The van der Waals surface area contributed by atoms with Crippen LogP contribution in [0.1, 0.15) is 50.7 Å². The maximum atomic E-state index is 4.04. The highest BCUT2D eigenvalue weighted by Crippen LogP contribution is 2.17. The van der Waals surface area contributed by atoms with E-state index in [1.54, 1.807) is 0 Å². The van der Waals surface area contributed by atoms with E-state index in [2.05, 4.69) is 60.1 Å². The third kappa shape index (κ3) is 5.90. The van der Waals surface area contributed by atoms with Gasteiger partial charge in [-0.15, -0.1) is 0 Å². The third-order valence-electron chi connectivity index (χ3n) is 4.10. The second-order valence-electron chi connectivity index (χ2n) is 5.85. The van der Waals surface area contributed by atoms with E-state index >= 15 is 0 Å². The van der Waals surface area contributed by atoms with Gasteiger partial charge in [-0.05, 0) is 48.7 Å². The molecule has 1 aromatic carbocycles. The molecule has 0 aliphatic rings. The first-order chi connectivity index (χ1) is 11.3. The molecule has 2 heteroatoms. The molecule has 0 bridgehead atoms. The van der Waals surface area contributed by atoms with Crippen LogP contribution in [-0.2, 0) is 0 Å². The molecule has 2 rings (SSSR count). The van der Waals surface area contributed by atoms with Gasteiger partial charge in [-0.3, -0.25) is 4.98 Å². The fraction of sp³-hybridized carbons (Fsp3) is 0.381. The van der Waals surface area contributed by atoms with Crippen LogP contribution in [0.5, 0.6) is 0 Å². The predicted molar refractivity (Wildman–Crippen MR) is 102 cm³/mol. The van der Waals surface area contributed by atoms with E-state index in [1.165, 1.54) is 42.5 Å². The molecule has 0 saturated carbocycles. The van der Waals surface area contributed by atoms with Crippen LogP contribution in [0.2, 0.25) is 0 Å². The van der Waals surface area contributed by atoms with E-state index in [4.69, 9.17) is 0 Å². The summed E-state index contributed by atoms with van der Waals surface area (Å²) in [5.41, 5.74) is 3.73. The Labute approximate surface area is 140 Å². The molecule has 1 aromatic heterocycles. The molecule has 0 aliphatic heterocycles. The van der Waals surface area contributed by atoms with Gasteiger partial charge in [-0.2, -0.15) is 0 Å². The largest absolute Gasteiger partial charge is 0.372 e. The summed E-state index contributed by atoms with van der Waals surface area (Å²) in [6, 6.07) is 12.9. The molecule has 0 radical (unpaired) electrons. The van der Waals surface area contributed by atoms with Gasteiger partial charge in [0.15, 0.2) is 0 Å². The van der Waals surface area contributed by atoms with Crippen molar-refractivity contribution in [1.29, 1.82) is 0 Å². The van der Waals surface area contributed by atoms with Crippen LogP contribution >= 0.6 is 0 Å². The molecule has 0 N–H and O–H groups in total. The molecule has 2 nitrogen and oxygen atoms in total. The Balaban J connectivity index is 1.93. The van der Waals surface area contributed by atoms with E-state index in [-0.39, 0.29) is 0 Å².